The Hall–Kier alpha value is -2.95. The summed E-state index contributed by atoms with van der Waals surface area (Å²) < 4.78 is 23.4. The van der Waals surface area contributed by atoms with Crippen LogP contribution in [-0.2, 0) is 0 Å². The standard InChI is InChI=1S/C18H13FO4/c1-11-8-18(21)23-17-9-14(6-7-15(11)17)22-10-16(20)12-2-4-13(19)5-3-12/h2-9H,10H2,1H3. The van der Waals surface area contributed by atoms with Crippen LogP contribution in [0.25, 0.3) is 11.0 Å². The average molecular weight is 312 g/mol. The lowest BCUT2D eigenvalue weighted by Crippen LogP contribution is -2.11. The minimum absolute atomic E-state index is 0.187. The van der Waals surface area contributed by atoms with Gasteiger partial charge >= 0.3 is 5.63 Å². The molecule has 0 aliphatic heterocycles. The third-order valence-corrected chi connectivity index (χ3v) is 3.46. The van der Waals surface area contributed by atoms with Gasteiger partial charge in [-0.3, -0.25) is 4.79 Å². The Balaban J connectivity index is 1.78. The van der Waals surface area contributed by atoms with Crippen molar-refractivity contribution < 1.29 is 18.3 Å². The van der Waals surface area contributed by atoms with Crippen LogP contribution in [0.2, 0.25) is 0 Å². The monoisotopic (exact) mass is 312 g/mol. The number of hydrogen-bond acceptors (Lipinski definition) is 4. The van der Waals surface area contributed by atoms with Gasteiger partial charge in [0.15, 0.2) is 12.4 Å². The minimum Gasteiger partial charge on any atom is -0.485 e. The van der Waals surface area contributed by atoms with Gasteiger partial charge in [0, 0.05) is 23.1 Å². The highest BCUT2D eigenvalue weighted by Crippen LogP contribution is 2.22. The number of aryl methyl sites for hydroxylation is 1. The molecule has 4 nitrogen and oxygen atoms in total. The van der Waals surface area contributed by atoms with Crippen molar-refractivity contribution in [3.63, 3.8) is 0 Å². The van der Waals surface area contributed by atoms with Gasteiger partial charge in [0.1, 0.15) is 17.1 Å². The number of fused-ring (bicyclic) bond motifs is 1. The van der Waals surface area contributed by atoms with Gasteiger partial charge in [0.2, 0.25) is 0 Å². The molecule has 1 aromatic heterocycles. The first-order chi connectivity index (χ1) is 11.0. The SMILES string of the molecule is Cc1cc(=O)oc2cc(OCC(=O)c3ccc(F)cc3)ccc12. The number of carbonyl (C=O) groups is 1. The number of benzene rings is 2. The molecule has 0 aliphatic rings. The first kappa shape index (κ1) is 15.0. The molecule has 1 heterocycles. The van der Waals surface area contributed by atoms with Crippen molar-refractivity contribution in [2.75, 3.05) is 6.61 Å². The molecule has 116 valence electrons. The number of halogens is 1. The molecular weight excluding hydrogens is 299 g/mol. The Bertz CT molecular complexity index is 926. The van der Waals surface area contributed by atoms with Crippen LogP contribution in [0.1, 0.15) is 15.9 Å². The molecule has 0 bridgehead atoms. The van der Waals surface area contributed by atoms with Crippen LogP contribution >= 0.6 is 0 Å². The molecule has 0 N–H and O–H groups in total. The topological polar surface area (TPSA) is 56.5 Å². The van der Waals surface area contributed by atoms with E-state index in [0.717, 1.165) is 10.9 Å². The molecule has 0 unspecified atom stereocenters. The number of carbonyl (C=O) groups excluding carboxylic acids is 1. The van der Waals surface area contributed by atoms with E-state index in [1.54, 1.807) is 18.2 Å². The predicted octanol–water partition coefficient (Wildman–Crippen LogP) is 3.50. The fraction of sp³-hybridized carbons (Fsp3) is 0.111. The summed E-state index contributed by atoms with van der Waals surface area (Å²) in [7, 11) is 0. The lowest BCUT2D eigenvalue weighted by atomic mass is 10.1. The van der Waals surface area contributed by atoms with Crippen molar-refractivity contribution in [2.45, 2.75) is 6.92 Å². The Labute approximate surface area is 131 Å². The molecule has 5 heteroatoms. The molecule has 23 heavy (non-hydrogen) atoms. The first-order valence-electron chi connectivity index (χ1n) is 6.99. The van der Waals surface area contributed by atoms with E-state index in [0.29, 0.717) is 16.9 Å². The van der Waals surface area contributed by atoms with Crippen molar-refractivity contribution in [1.82, 2.24) is 0 Å². The van der Waals surface area contributed by atoms with Crippen molar-refractivity contribution in [1.29, 1.82) is 0 Å². The Morgan fingerprint density at radius 2 is 1.87 bits per heavy atom. The molecular formula is C18H13FO4. The first-order valence-corrected chi connectivity index (χ1v) is 6.99. The zero-order chi connectivity index (χ0) is 16.4. The summed E-state index contributed by atoms with van der Waals surface area (Å²) in [4.78, 5) is 23.4. The van der Waals surface area contributed by atoms with Crippen LogP contribution in [0.3, 0.4) is 0 Å². The largest absolute Gasteiger partial charge is 0.485 e. The molecule has 0 saturated carbocycles. The van der Waals surface area contributed by atoms with Crippen LogP contribution in [0, 0.1) is 12.7 Å². The fourth-order valence-electron chi connectivity index (χ4n) is 2.26. The highest BCUT2D eigenvalue weighted by atomic mass is 19.1. The van der Waals surface area contributed by atoms with E-state index in [9.17, 15) is 14.0 Å². The average Bonchev–Trinajstić information content (AvgIpc) is 2.52. The van der Waals surface area contributed by atoms with Crippen molar-refractivity contribution in [3.05, 3.63) is 75.9 Å². The quantitative estimate of drug-likeness (QED) is 0.546. The van der Waals surface area contributed by atoms with E-state index in [-0.39, 0.29) is 12.4 Å². The second-order valence-corrected chi connectivity index (χ2v) is 5.13. The second kappa shape index (κ2) is 6.04. The van der Waals surface area contributed by atoms with Crippen LogP contribution < -0.4 is 10.4 Å². The summed E-state index contributed by atoms with van der Waals surface area (Å²) in [5.74, 6) is -0.250. The summed E-state index contributed by atoms with van der Waals surface area (Å²) in [6.45, 7) is 1.63. The molecule has 3 rings (SSSR count). The van der Waals surface area contributed by atoms with Crippen molar-refractivity contribution in [3.8, 4) is 5.75 Å². The van der Waals surface area contributed by atoms with Crippen LogP contribution in [0.15, 0.2) is 57.7 Å². The molecule has 0 aliphatic carbocycles. The number of Topliss-reactive ketones (excluding diaryl/α,β-unsaturated/α-hetero) is 1. The van der Waals surface area contributed by atoms with E-state index in [1.165, 1.54) is 30.3 Å². The molecule has 0 atom stereocenters. The molecule has 2 aromatic carbocycles. The van der Waals surface area contributed by atoms with E-state index in [1.807, 2.05) is 6.92 Å². The summed E-state index contributed by atoms with van der Waals surface area (Å²) in [5, 5.41) is 0.807. The summed E-state index contributed by atoms with van der Waals surface area (Å²) in [6, 6.07) is 11.7. The molecule has 0 fully saturated rings. The number of hydrogen-bond donors (Lipinski definition) is 0. The lowest BCUT2D eigenvalue weighted by Gasteiger charge is -2.07. The maximum atomic E-state index is 12.8. The van der Waals surface area contributed by atoms with E-state index in [2.05, 4.69) is 0 Å². The maximum Gasteiger partial charge on any atom is 0.336 e. The molecule has 0 amide bonds. The highest BCUT2D eigenvalue weighted by molar-refractivity contribution is 5.97. The van der Waals surface area contributed by atoms with Gasteiger partial charge in [-0.25, -0.2) is 9.18 Å². The third-order valence-electron chi connectivity index (χ3n) is 3.46. The van der Waals surface area contributed by atoms with Gasteiger partial charge in [-0.1, -0.05) is 0 Å². The summed E-state index contributed by atoms with van der Waals surface area (Å²) >= 11 is 0. The Kier molecular flexibility index (Phi) is 3.93. The molecule has 3 aromatic rings. The normalized spacial score (nSPS) is 10.7. The van der Waals surface area contributed by atoms with Crippen molar-refractivity contribution in [2.24, 2.45) is 0 Å². The van der Waals surface area contributed by atoms with E-state index < -0.39 is 11.4 Å². The van der Waals surface area contributed by atoms with Crippen molar-refractivity contribution >= 4 is 16.8 Å². The number of ether oxygens (including phenoxy) is 1. The molecule has 0 saturated heterocycles. The molecule has 0 spiro atoms. The zero-order valence-corrected chi connectivity index (χ0v) is 12.3. The third kappa shape index (κ3) is 3.29. The fourth-order valence-corrected chi connectivity index (χ4v) is 2.26. The predicted molar refractivity (Wildman–Crippen MR) is 83.4 cm³/mol. The van der Waals surface area contributed by atoms with Crippen LogP contribution in [-0.4, -0.2) is 12.4 Å². The molecule has 0 radical (unpaired) electrons. The van der Waals surface area contributed by atoms with Gasteiger partial charge in [-0.15, -0.1) is 0 Å². The second-order valence-electron chi connectivity index (χ2n) is 5.13. The van der Waals surface area contributed by atoms with Gasteiger partial charge in [-0.2, -0.15) is 0 Å². The number of ketones is 1. The Morgan fingerprint density at radius 1 is 1.13 bits per heavy atom. The highest BCUT2D eigenvalue weighted by Gasteiger charge is 2.09. The van der Waals surface area contributed by atoms with Gasteiger partial charge in [-0.05, 0) is 48.9 Å². The Morgan fingerprint density at radius 3 is 2.61 bits per heavy atom. The van der Waals surface area contributed by atoms with Crippen LogP contribution in [0.4, 0.5) is 4.39 Å². The van der Waals surface area contributed by atoms with E-state index >= 15 is 0 Å². The van der Waals surface area contributed by atoms with Gasteiger partial charge in [0.25, 0.3) is 0 Å². The summed E-state index contributed by atoms with van der Waals surface area (Å²) in [6.07, 6.45) is 0. The smallest absolute Gasteiger partial charge is 0.336 e. The van der Waals surface area contributed by atoms with Gasteiger partial charge in [0.05, 0.1) is 0 Å². The van der Waals surface area contributed by atoms with Crippen LogP contribution in [0.5, 0.6) is 5.75 Å². The lowest BCUT2D eigenvalue weighted by molar-refractivity contribution is 0.0921. The summed E-state index contributed by atoms with van der Waals surface area (Å²) in [5.41, 5.74) is 1.15. The number of rotatable bonds is 4. The zero-order valence-electron chi connectivity index (χ0n) is 12.3. The van der Waals surface area contributed by atoms with E-state index in [4.69, 9.17) is 9.15 Å². The minimum atomic E-state index is -0.436. The maximum absolute atomic E-state index is 12.8. The van der Waals surface area contributed by atoms with Gasteiger partial charge < -0.3 is 9.15 Å².